The minimum absolute atomic E-state index is 0.0555. The zero-order valence-corrected chi connectivity index (χ0v) is 16.9. The van der Waals surface area contributed by atoms with Crippen LogP contribution in [0, 0.1) is 6.92 Å². The number of anilines is 1. The zero-order valence-electron chi connectivity index (χ0n) is 16.1. The molecule has 28 heavy (non-hydrogen) atoms. The number of aromatic nitrogens is 1. The zero-order chi connectivity index (χ0) is 19.8. The molecule has 0 fully saturated rings. The van der Waals surface area contributed by atoms with E-state index in [2.05, 4.69) is 29.4 Å². The van der Waals surface area contributed by atoms with Crippen molar-refractivity contribution < 1.29 is 14.3 Å². The first-order valence-electron chi connectivity index (χ1n) is 9.32. The van der Waals surface area contributed by atoms with Gasteiger partial charge in [0.2, 0.25) is 5.91 Å². The summed E-state index contributed by atoms with van der Waals surface area (Å²) in [5.74, 6) is 1.54. The summed E-state index contributed by atoms with van der Waals surface area (Å²) in [6, 6.07) is 15.7. The molecule has 1 N–H and O–H groups in total. The first-order valence-corrected chi connectivity index (χ1v) is 10.2. The van der Waals surface area contributed by atoms with Gasteiger partial charge in [-0.25, -0.2) is 4.98 Å². The number of nitrogens with one attached hydrogen (secondary N) is 1. The van der Waals surface area contributed by atoms with Gasteiger partial charge >= 0.3 is 0 Å². The Bertz CT molecular complexity index is 889. The van der Waals surface area contributed by atoms with Crippen LogP contribution in [-0.4, -0.2) is 24.1 Å². The molecule has 3 rings (SSSR count). The van der Waals surface area contributed by atoms with E-state index >= 15 is 0 Å². The first kappa shape index (κ1) is 19.9. The number of ether oxygens (including phenoxy) is 2. The van der Waals surface area contributed by atoms with Gasteiger partial charge in [-0.05, 0) is 44.5 Å². The molecule has 0 aliphatic rings. The van der Waals surface area contributed by atoms with Crippen LogP contribution in [0.4, 0.5) is 5.13 Å². The van der Waals surface area contributed by atoms with E-state index in [1.807, 2.05) is 48.7 Å². The SMILES string of the molecule is CCOc1ccc(OCCCC(=O)Nc2nc(-c3ccc(C)cc3)cs2)cc1. The summed E-state index contributed by atoms with van der Waals surface area (Å²) in [6.45, 7) is 5.12. The molecule has 3 aromatic rings. The highest BCUT2D eigenvalue weighted by molar-refractivity contribution is 7.14. The van der Waals surface area contributed by atoms with Crippen molar-refractivity contribution in [1.29, 1.82) is 0 Å². The van der Waals surface area contributed by atoms with Crippen molar-refractivity contribution in [3.8, 4) is 22.8 Å². The maximum Gasteiger partial charge on any atom is 0.226 e. The number of hydrogen-bond donors (Lipinski definition) is 1. The lowest BCUT2D eigenvalue weighted by Crippen LogP contribution is -2.12. The first-order chi connectivity index (χ1) is 13.6. The minimum Gasteiger partial charge on any atom is -0.494 e. The van der Waals surface area contributed by atoms with E-state index in [4.69, 9.17) is 9.47 Å². The maximum absolute atomic E-state index is 12.1. The van der Waals surface area contributed by atoms with Crippen molar-refractivity contribution in [2.45, 2.75) is 26.7 Å². The van der Waals surface area contributed by atoms with Gasteiger partial charge in [-0.1, -0.05) is 29.8 Å². The Morgan fingerprint density at radius 2 is 1.71 bits per heavy atom. The maximum atomic E-state index is 12.1. The molecule has 146 valence electrons. The quantitative estimate of drug-likeness (QED) is 0.498. The second-order valence-corrected chi connectivity index (χ2v) is 7.17. The topological polar surface area (TPSA) is 60.5 Å². The van der Waals surface area contributed by atoms with Crippen molar-refractivity contribution in [3.63, 3.8) is 0 Å². The van der Waals surface area contributed by atoms with Gasteiger partial charge in [-0.15, -0.1) is 11.3 Å². The molecular formula is C22H24N2O3S. The van der Waals surface area contributed by atoms with Crippen LogP contribution in [0.5, 0.6) is 11.5 Å². The van der Waals surface area contributed by atoms with Crippen molar-refractivity contribution in [2.75, 3.05) is 18.5 Å². The van der Waals surface area contributed by atoms with Crippen molar-refractivity contribution >= 4 is 22.4 Å². The number of carbonyl (C=O) groups is 1. The lowest BCUT2D eigenvalue weighted by molar-refractivity contribution is -0.116. The van der Waals surface area contributed by atoms with E-state index in [1.165, 1.54) is 16.9 Å². The van der Waals surface area contributed by atoms with Gasteiger partial charge in [0, 0.05) is 17.4 Å². The van der Waals surface area contributed by atoms with Crippen LogP contribution < -0.4 is 14.8 Å². The van der Waals surface area contributed by atoms with E-state index < -0.39 is 0 Å². The number of carbonyl (C=O) groups excluding carboxylic acids is 1. The molecule has 6 heteroatoms. The van der Waals surface area contributed by atoms with Crippen LogP contribution in [0.25, 0.3) is 11.3 Å². The van der Waals surface area contributed by atoms with Crippen LogP contribution in [0.2, 0.25) is 0 Å². The molecule has 0 bridgehead atoms. The number of thiazole rings is 1. The van der Waals surface area contributed by atoms with Crippen LogP contribution in [0.3, 0.4) is 0 Å². The molecule has 0 atom stereocenters. The van der Waals surface area contributed by atoms with E-state index in [9.17, 15) is 4.79 Å². The van der Waals surface area contributed by atoms with Crippen LogP contribution >= 0.6 is 11.3 Å². The number of benzene rings is 2. The minimum atomic E-state index is -0.0555. The summed E-state index contributed by atoms with van der Waals surface area (Å²) in [7, 11) is 0. The average molecular weight is 397 g/mol. The lowest BCUT2D eigenvalue weighted by Gasteiger charge is -2.07. The molecule has 1 heterocycles. The normalized spacial score (nSPS) is 10.5. The van der Waals surface area contributed by atoms with Crippen LogP contribution in [-0.2, 0) is 4.79 Å². The van der Waals surface area contributed by atoms with Crippen molar-refractivity contribution in [1.82, 2.24) is 4.98 Å². The van der Waals surface area contributed by atoms with Crippen LogP contribution in [0.1, 0.15) is 25.3 Å². The number of amides is 1. The average Bonchev–Trinajstić information content (AvgIpc) is 3.15. The molecule has 0 unspecified atom stereocenters. The molecule has 1 aromatic heterocycles. The summed E-state index contributed by atoms with van der Waals surface area (Å²) in [5.41, 5.74) is 3.13. The standard InChI is InChI=1S/C22H24N2O3S/c1-3-26-18-10-12-19(13-11-18)27-14-4-5-21(25)24-22-23-20(15-28-22)17-8-6-16(2)7-9-17/h6-13,15H,3-5,14H2,1-2H3,(H,23,24,25). The monoisotopic (exact) mass is 396 g/mol. The summed E-state index contributed by atoms with van der Waals surface area (Å²) >= 11 is 1.43. The Morgan fingerprint density at radius 3 is 2.39 bits per heavy atom. The predicted molar refractivity (Wildman–Crippen MR) is 113 cm³/mol. The Hall–Kier alpha value is -2.86. The smallest absolute Gasteiger partial charge is 0.226 e. The molecule has 0 aliphatic carbocycles. The van der Waals surface area contributed by atoms with Crippen molar-refractivity contribution in [2.24, 2.45) is 0 Å². The molecule has 0 spiro atoms. The molecule has 5 nitrogen and oxygen atoms in total. The molecule has 0 saturated carbocycles. The molecule has 0 aliphatic heterocycles. The Morgan fingerprint density at radius 1 is 1.04 bits per heavy atom. The molecule has 0 radical (unpaired) electrons. The highest BCUT2D eigenvalue weighted by Gasteiger charge is 2.08. The lowest BCUT2D eigenvalue weighted by atomic mass is 10.1. The second kappa shape index (κ2) is 9.90. The Labute approximate surface area is 169 Å². The third-order valence-corrected chi connectivity index (χ3v) is 4.81. The number of aryl methyl sites for hydroxylation is 1. The highest BCUT2D eigenvalue weighted by Crippen LogP contribution is 2.25. The molecule has 2 aromatic carbocycles. The fraction of sp³-hybridized carbons (Fsp3) is 0.273. The van der Waals surface area contributed by atoms with E-state index in [0.29, 0.717) is 31.2 Å². The van der Waals surface area contributed by atoms with Gasteiger partial charge in [0.25, 0.3) is 0 Å². The fourth-order valence-corrected chi connectivity index (χ4v) is 3.33. The number of hydrogen-bond acceptors (Lipinski definition) is 5. The number of rotatable bonds is 9. The van der Waals surface area contributed by atoms with E-state index in [0.717, 1.165) is 22.8 Å². The largest absolute Gasteiger partial charge is 0.494 e. The third-order valence-electron chi connectivity index (χ3n) is 4.05. The van der Waals surface area contributed by atoms with Gasteiger partial charge < -0.3 is 14.8 Å². The summed E-state index contributed by atoms with van der Waals surface area (Å²) in [6.07, 6.45) is 1.02. The summed E-state index contributed by atoms with van der Waals surface area (Å²) < 4.78 is 11.1. The van der Waals surface area contributed by atoms with Gasteiger partial charge in [0.1, 0.15) is 11.5 Å². The van der Waals surface area contributed by atoms with Crippen molar-refractivity contribution in [3.05, 3.63) is 59.5 Å². The highest BCUT2D eigenvalue weighted by atomic mass is 32.1. The summed E-state index contributed by atoms with van der Waals surface area (Å²) in [5, 5.41) is 5.43. The fourth-order valence-electron chi connectivity index (χ4n) is 2.59. The Balaban J connectivity index is 1.40. The molecule has 0 saturated heterocycles. The predicted octanol–water partition coefficient (Wildman–Crippen LogP) is 5.31. The molecule has 1 amide bonds. The van der Waals surface area contributed by atoms with E-state index in [-0.39, 0.29) is 5.91 Å². The third kappa shape index (κ3) is 5.82. The van der Waals surface area contributed by atoms with E-state index in [1.54, 1.807) is 0 Å². The van der Waals surface area contributed by atoms with Gasteiger partial charge in [-0.2, -0.15) is 0 Å². The van der Waals surface area contributed by atoms with Gasteiger partial charge in [-0.3, -0.25) is 4.79 Å². The van der Waals surface area contributed by atoms with Gasteiger partial charge in [0.15, 0.2) is 5.13 Å². The Kier molecular flexibility index (Phi) is 7.03. The summed E-state index contributed by atoms with van der Waals surface area (Å²) in [4.78, 5) is 16.6. The second-order valence-electron chi connectivity index (χ2n) is 6.31. The number of nitrogens with zero attached hydrogens (tertiary/aromatic N) is 1. The van der Waals surface area contributed by atoms with Gasteiger partial charge in [0.05, 0.1) is 18.9 Å². The molecular weight excluding hydrogens is 372 g/mol. The van der Waals surface area contributed by atoms with Crippen LogP contribution in [0.15, 0.2) is 53.9 Å².